The maximum Gasteiger partial charge on any atom is 0.128 e. The fraction of sp³-hybridized carbons (Fsp3) is 0.250. The average Bonchev–Trinajstić information content (AvgIpc) is 2.96. The first kappa shape index (κ1) is 13.7. The van der Waals surface area contributed by atoms with E-state index in [-0.39, 0.29) is 6.10 Å². The molecule has 1 unspecified atom stereocenters. The molecule has 0 amide bonds. The van der Waals surface area contributed by atoms with Crippen LogP contribution in [0.15, 0.2) is 42.6 Å². The van der Waals surface area contributed by atoms with Crippen molar-refractivity contribution in [2.24, 2.45) is 0 Å². The largest absolute Gasteiger partial charge is 0.488 e. The number of hydrogen-bond donors (Lipinski definition) is 0. The SMILES string of the molecule is N#Cc1ccc(N2CCC(Oc3cccc(Cl)c3)C2)nc1. The summed E-state index contributed by atoms with van der Waals surface area (Å²) in [7, 11) is 0. The number of hydrogen-bond acceptors (Lipinski definition) is 4. The summed E-state index contributed by atoms with van der Waals surface area (Å²) in [5.41, 5.74) is 0.574. The van der Waals surface area contributed by atoms with E-state index in [4.69, 9.17) is 21.6 Å². The van der Waals surface area contributed by atoms with Gasteiger partial charge < -0.3 is 9.64 Å². The third-order valence-corrected chi connectivity index (χ3v) is 3.68. The molecule has 3 rings (SSSR count). The van der Waals surface area contributed by atoms with Crippen molar-refractivity contribution in [1.82, 2.24) is 4.98 Å². The summed E-state index contributed by atoms with van der Waals surface area (Å²) in [4.78, 5) is 6.48. The number of aromatic nitrogens is 1. The number of halogens is 1. The summed E-state index contributed by atoms with van der Waals surface area (Å²) in [6.07, 6.45) is 2.66. The van der Waals surface area contributed by atoms with Crippen molar-refractivity contribution in [1.29, 1.82) is 5.26 Å². The lowest BCUT2D eigenvalue weighted by atomic mass is 10.3. The molecule has 0 radical (unpaired) electrons. The Morgan fingerprint density at radius 1 is 1.33 bits per heavy atom. The van der Waals surface area contributed by atoms with Crippen molar-refractivity contribution in [3.05, 3.63) is 53.2 Å². The Kier molecular flexibility index (Phi) is 3.94. The Balaban J connectivity index is 1.63. The molecule has 0 N–H and O–H groups in total. The molecular formula is C16H14ClN3O. The van der Waals surface area contributed by atoms with Crippen LogP contribution in [0.2, 0.25) is 5.02 Å². The molecule has 0 bridgehead atoms. The standard InChI is InChI=1S/C16H14ClN3O/c17-13-2-1-3-14(8-13)21-15-6-7-20(11-15)16-5-4-12(9-18)10-19-16/h1-5,8,10,15H,6-7,11H2. The van der Waals surface area contributed by atoms with Gasteiger partial charge in [-0.2, -0.15) is 5.26 Å². The smallest absolute Gasteiger partial charge is 0.128 e. The lowest BCUT2D eigenvalue weighted by molar-refractivity contribution is 0.225. The van der Waals surface area contributed by atoms with Crippen LogP contribution < -0.4 is 9.64 Å². The van der Waals surface area contributed by atoms with Gasteiger partial charge in [0.25, 0.3) is 0 Å². The highest BCUT2D eigenvalue weighted by Crippen LogP contribution is 2.24. The summed E-state index contributed by atoms with van der Waals surface area (Å²) >= 11 is 5.96. The Labute approximate surface area is 128 Å². The molecular weight excluding hydrogens is 286 g/mol. The van der Waals surface area contributed by atoms with Crippen molar-refractivity contribution in [2.45, 2.75) is 12.5 Å². The number of ether oxygens (including phenoxy) is 1. The van der Waals surface area contributed by atoms with Crippen LogP contribution in [-0.2, 0) is 0 Å². The Bertz CT molecular complexity index is 666. The van der Waals surface area contributed by atoms with E-state index in [1.165, 1.54) is 0 Å². The van der Waals surface area contributed by atoms with Crippen LogP contribution >= 0.6 is 11.6 Å². The second kappa shape index (κ2) is 6.02. The molecule has 1 fully saturated rings. The van der Waals surface area contributed by atoms with E-state index in [2.05, 4.69) is 16.0 Å². The van der Waals surface area contributed by atoms with E-state index in [0.29, 0.717) is 10.6 Å². The van der Waals surface area contributed by atoms with Crippen LogP contribution in [0.3, 0.4) is 0 Å². The van der Waals surface area contributed by atoms with Crippen molar-refractivity contribution in [3.8, 4) is 11.8 Å². The van der Waals surface area contributed by atoms with Gasteiger partial charge in [-0.15, -0.1) is 0 Å². The fourth-order valence-corrected chi connectivity index (χ4v) is 2.58. The number of anilines is 1. The zero-order valence-electron chi connectivity index (χ0n) is 11.4. The number of rotatable bonds is 3. The number of pyridine rings is 1. The molecule has 1 atom stereocenters. The number of benzene rings is 1. The van der Waals surface area contributed by atoms with Crippen molar-refractivity contribution < 1.29 is 4.74 Å². The van der Waals surface area contributed by atoms with Gasteiger partial charge in [-0.3, -0.25) is 0 Å². The lowest BCUT2D eigenvalue weighted by Crippen LogP contribution is -2.25. The Morgan fingerprint density at radius 3 is 2.95 bits per heavy atom. The first-order valence-electron chi connectivity index (χ1n) is 6.78. The minimum Gasteiger partial charge on any atom is -0.488 e. The third kappa shape index (κ3) is 3.26. The van der Waals surface area contributed by atoms with Gasteiger partial charge in [0.15, 0.2) is 0 Å². The number of nitrogens with zero attached hydrogens (tertiary/aromatic N) is 3. The second-order valence-electron chi connectivity index (χ2n) is 4.95. The highest BCUT2D eigenvalue weighted by atomic mass is 35.5. The molecule has 1 aromatic carbocycles. The molecule has 1 saturated heterocycles. The lowest BCUT2D eigenvalue weighted by Gasteiger charge is -2.18. The fourth-order valence-electron chi connectivity index (χ4n) is 2.40. The van der Waals surface area contributed by atoms with Crippen molar-refractivity contribution >= 4 is 17.4 Å². The minimum atomic E-state index is 0.126. The molecule has 21 heavy (non-hydrogen) atoms. The van der Waals surface area contributed by atoms with Crippen LogP contribution in [0.5, 0.6) is 5.75 Å². The maximum absolute atomic E-state index is 8.79. The molecule has 0 aliphatic carbocycles. The normalized spacial score (nSPS) is 17.5. The monoisotopic (exact) mass is 299 g/mol. The predicted octanol–water partition coefficient (Wildman–Crippen LogP) is 3.26. The van der Waals surface area contributed by atoms with Gasteiger partial charge >= 0.3 is 0 Å². The molecule has 1 aliphatic heterocycles. The van der Waals surface area contributed by atoms with E-state index < -0.39 is 0 Å². The molecule has 1 aliphatic rings. The highest BCUT2D eigenvalue weighted by Gasteiger charge is 2.25. The van der Waals surface area contributed by atoms with Crippen LogP contribution in [0.1, 0.15) is 12.0 Å². The molecule has 1 aromatic heterocycles. The van der Waals surface area contributed by atoms with Crippen molar-refractivity contribution in [3.63, 3.8) is 0 Å². The Morgan fingerprint density at radius 2 is 2.24 bits per heavy atom. The van der Waals surface area contributed by atoms with Crippen molar-refractivity contribution in [2.75, 3.05) is 18.0 Å². The zero-order valence-corrected chi connectivity index (χ0v) is 12.1. The van der Waals surface area contributed by atoms with E-state index in [0.717, 1.165) is 31.1 Å². The molecule has 5 heteroatoms. The average molecular weight is 300 g/mol. The van der Waals surface area contributed by atoms with Gasteiger partial charge in [0.2, 0.25) is 0 Å². The predicted molar refractivity (Wildman–Crippen MR) is 81.7 cm³/mol. The van der Waals surface area contributed by atoms with E-state index in [1.807, 2.05) is 30.3 Å². The molecule has 2 aromatic rings. The third-order valence-electron chi connectivity index (χ3n) is 3.44. The molecule has 0 spiro atoms. The van der Waals surface area contributed by atoms with Crippen LogP contribution in [0.4, 0.5) is 5.82 Å². The molecule has 2 heterocycles. The second-order valence-corrected chi connectivity index (χ2v) is 5.39. The van der Waals surface area contributed by atoms with Gasteiger partial charge in [0.1, 0.15) is 23.7 Å². The van der Waals surface area contributed by atoms with Gasteiger partial charge in [-0.05, 0) is 30.3 Å². The maximum atomic E-state index is 8.79. The summed E-state index contributed by atoms with van der Waals surface area (Å²) in [5, 5.41) is 9.46. The molecule has 0 saturated carbocycles. The quantitative estimate of drug-likeness (QED) is 0.873. The van der Waals surface area contributed by atoms with Crippen LogP contribution in [-0.4, -0.2) is 24.2 Å². The van der Waals surface area contributed by atoms with Gasteiger partial charge in [0.05, 0.1) is 12.1 Å². The van der Waals surface area contributed by atoms with Crippen LogP contribution in [0, 0.1) is 11.3 Å². The van der Waals surface area contributed by atoms with Gasteiger partial charge in [-0.25, -0.2) is 4.98 Å². The van der Waals surface area contributed by atoms with E-state index in [1.54, 1.807) is 12.3 Å². The minimum absolute atomic E-state index is 0.126. The zero-order chi connectivity index (χ0) is 14.7. The van der Waals surface area contributed by atoms with Gasteiger partial charge in [-0.1, -0.05) is 17.7 Å². The number of nitriles is 1. The first-order valence-corrected chi connectivity index (χ1v) is 7.16. The van der Waals surface area contributed by atoms with Gasteiger partial charge in [0, 0.05) is 24.2 Å². The summed E-state index contributed by atoms with van der Waals surface area (Å²) in [6.45, 7) is 1.68. The summed E-state index contributed by atoms with van der Waals surface area (Å²) < 4.78 is 5.95. The van der Waals surface area contributed by atoms with E-state index in [9.17, 15) is 0 Å². The Hall–Kier alpha value is -2.25. The van der Waals surface area contributed by atoms with E-state index >= 15 is 0 Å². The van der Waals surface area contributed by atoms with Crippen LogP contribution in [0.25, 0.3) is 0 Å². The molecule has 4 nitrogen and oxygen atoms in total. The first-order chi connectivity index (χ1) is 10.2. The summed E-state index contributed by atoms with van der Waals surface area (Å²) in [6, 6.07) is 13.2. The topological polar surface area (TPSA) is 49.2 Å². The molecule has 106 valence electrons. The summed E-state index contributed by atoms with van der Waals surface area (Å²) in [5.74, 6) is 1.67. The highest BCUT2D eigenvalue weighted by molar-refractivity contribution is 6.30.